The molecule has 0 bridgehead atoms. The van der Waals surface area contributed by atoms with Crippen molar-refractivity contribution in [2.24, 2.45) is 0 Å². The molecule has 2 fully saturated rings. The van der Waals surface area contributed by atoms with Crippen molar-refractivity contribution in [2.75, 3.05) is 45.9 Å². The predicted molar refractivity (Wildman–Crippen MR) is 90.6 cm³/mol. The Morgan fingerprint density at radius 1 is 1.17 bits per heavy atom. The molecule has 0 atom stereocenters. The quantitative estimate of drug-likeness (QED) is 0.892. The van der Waals surface area contributed by atoms with Gasteiger partial charge in [0, 0.05) is 51.4 Å². The van der Waals surface area contributed by atoms with Crippen LogP contribution in [0.2, 0.25) is 0 Å². The minimum absolute atomic E-state index is 0.108. The summed E-state index contributed by atoms with van der Waals surface area (Å²) in [4.78, 5) is 16.5. The van der Waals surface area contributed by atoms with E-state index in [0.717, 1.165) is 70.0 Å². The van der Waals surface area contributed by atoms with Gasteiger partial charge in [0.15, 0.2) is 6.61 Å². The van der Waals surface area contributed by atoms with E-state index in [-0.39, 0.29) is 12.5 Å². The van der Waals surface area contributed by atoms with E-state index >= 15 is 0 Å². The molecule has 5 heteroatoms. The summed E-state index contributed by atoms with van der Waals surface area (Å²) in [6, 6.07) is 6.30. The number of amides is 1. The van der Waals surface area contributed by atoms with Gasteiger partial charge in [-0.2, -0.15) is 0 Å². The van der Waals surface area contributed by atoms with Crippen molar-refractivity contribution in [3.8, 4) is 5.75 Å². The van der Waals surface area contributed by atoms with Crippen molar-refractivity contribution in [2.45, 2.75) is 26.3 Å². The molecule has 1 amide bonds. The first-order valence-corrected chi connectivity index (χ1v) is 8.65. The number of carbonyl (C=O) groups excluding carboxylic acids is 1. The summed E-state index contributed by atoms with van der Waals surface area (Å²) in [7, 11) is 0. The first-order chi connectivity index (χ1) is 11.2. The summed E-state index contributed by atoms with van der Waals surface area (Å²) in [6.07, 6.45) is 2.23. The molecule has 0 aromatic heterocycles. The number of nitrogens with zero attached hydrogens (tertiary/aromatic N) is 2. The first-order valence-electron chi connectivity index (χ1n) is 8.65. The topological polar surface area (TPSA) is 44.8 Å². The maximum atomic E-state index is 12.2. The van der Waals surface area contributed by atoms with Gasteiger partial charge in [0.2, 0.25) is 0 Å². The Morgan fingerprint density at radius 3 is 2.65 bits per heavy atom. The van der Waals surface area contributed by atoms with Crippen LogP contribution in [0.1, 0.15) is 24.0 Å². The Balaban J connectivity index is 1.62. The van der Waals surface area contributed by atoms with E-state index in [1.165, 1.54) is 5.56 Å². The second kappa shape index (κ2) is 7.79. The van der Waals surface area contributed by atoms with Gasteiger partial charge in [-0.1, -0.05) is 12.1 Å². The van der Waals surface area contributed by atoms with Crippen LogP contribution in [0.5, 0.6) is 5.75 Å². The molecule has 2 saturated heterocycles. The highest BCUT2D eigenvalue weighted by molar-refractivity contribution is 5.78. The van der Waals surface area contributed by atoms with Gasteiger partial charge in [-0.3, -0.25) is 9.69 Å². The number of benzene rings is 1. The highest BCUT2D eigenvalue weighted by Crippen LogP contribution is 2.22. The monoisotopic (exact) mass is 317 g/mol. The van der Waals surface area contributed by atoms with E-state index < -0.39 is 0 Å². The molecule has 0 radical (unpaired) electrons. The minimum Gasteiger partial charge on any atom is -0.483 e. The van der Waals surface area contributed by atoms with Crippen molar-refractivity contribution in [1.29, 1.82) is 0 Å². The van der Waals surface area contributed by atoms with Gasteiger partial charge in [0.1, 0.15) is 5.75 Å². The number of piperazine rings is 1. The second-order valence-electron chi connectivity index (χ2n) is 6.51. The largest absolute Gasteiger partial charge is 0.483 e. The van der Waals surface area contributed by atoms with Gasteiger partial charge in [-0.05, 0) is 31.4 Å². The molecule has 0 saturated carbocycles. The van der Waals surface area contributed by atoms with Crippen molar-refractivity contribution in [1.82, 2.24) is 15.1 Å². The summed E-state index contributed by atoms with van der Waals surface area (Å²) < 4.78 is 5.90. The molecule has 0 unspecified atom stereocenters. The van der Waals surface area contributed by atoms with Crippen LogP contribution >= 0.6 is 0 Å². The molecular formula is C18H27N3O2. The number of ether oxygens (including phenoxy) is 1. The van der Waals surface area contributed by atoms with Gasteiger partial charge in [0.05, 0.1) is 0 Å². The fourth-order valence-corrected chi connectivity index (χ4v) is 3.23. The number of carbonyl (C=O) groups is 1. The van der Waals surface area contributed by atoms with Crippen molar-refractivity contribution in [3.05, 3.63) is 29.3 Å². The number of likely N-dealkylation sites (tertiary alicyclic amines) is 1. The summed E-state index contributed by atoms with van der Waals surface area (Å²) >= 11 is 0. The van der Waals surface area contributed by atoms with Crippen LogP contribution in [0.25, 0.3) is 0 Å². The molecule has 2 aliphatic rings. The smallest absolute Gasteiger partial charge is 0.260 e. The van der Waals surface area contributed by atoms with Gasteiger partial charge >= 0.3 is 0 Å². The van der Waals surface area contributed by atoms with Gasteiger partial charge in [-0.25, -0.2) is 0 Å². The summed E-state index contributed by atoms with van der Waals surface area (Å²) in [5.41, 5.74) is 2.34. The molecule has 2 aliphatic heterocycles. The van der Waals surface area contributed by atoms with Crippen LogP contribution in [0.4, 0.5) is 0 Å². The lowest BCUT2D eigenvalue weighted by Gasteiger charge is -2.28. The number of rotatable bonds is 5. The van der Waals surface area contributed by atoms with Gasteiger partial charge < -0.3 is 15.0 Å². The maximum absolute atomic E-state index is 12.2. The van der Waals surface area contributed by atoms with Crippen molar-refractivity contribution < 1.29 is 9.53 Å². The fraction of sp³-hybridized carbons (Fsp3) is 0.611. The highest BCUT2D eigenvalue weighted by Gasteiger charge is 2.19. The zero-order chi connectivity index (χ0) is 16.1. The normalized spacial score (nSPS) is 19.1. The van der Waals surface area contributed by atoms with Gasteiger partial charge in [-0.15, -0.1) is 0 Å². The molecule has 0 spiro atoms. The minimum atomic E-state index is 0.108. The average Bonchev–Trinajstić information content (AvgIpc) is 3.10. The molecule has 1 aromatic rings. The third-order valence-electron chi connectivity index (χ3n) is 4.64. The standard InChI is InChI=1S/C18H27N3O2/c1-15-4-5-16(13-20-10-6-19-7-11-20)17(12-15)23-14-18(22)21-8-2-3-9-21/h4-5,12,19H,2-3,6-11,13-14H2,1H3. The molecule has 23 heavy (non-hydrogen) atoms. The van der Waals surface area contributed by atoms with E-state index in [9.17, 15) is 4.79 Å². The molecule has 2 heterocycles. The summed E-state index contributed by atoms with van der Waals surface area (Å²) in [6.45, 7) is 9.04. The van der Waals surface area contributed by atoms with Gasteiger partial charge in [0.25, 0.3) is 5.91 Å². The van der Waals surface area contributed by atoms with E-state index in [0.29, 0.717) is 0 Å². The van der Waals surface area contributed by atoms with Crippen LogP contribution < -0.4 is 10.1 Å². The SMILES string of the molecule is Cc1ccc(CN2CCNCC2)c(OCC(=O)N2CCCC2)c1. The summed E-state index contributed by atoms with van der Waals surface area (Å²) in [5, 5.41) is 3.37. The van der Waals surface area contributed by atoms with Crippen molar-refractivity contribution >= 4 is 5.91 Å². The van der Waals surface area contributed by atoms with E-state index in [1.807, 2.05) is 4.90 Å². The second-order valence-corrected chi connectivity index (χ2v) is 6.51. The lowest BCUT2D eigenvalue weighted by molar-refractivity contribution is -0.132. The van der Waals surface area contributed by atoms with Crippen LogP contribution in [0.15, 0.2) is 18.2 Å². The fourth-order valence-electron chi connectivity index (χ4n) is 3.23. The Labute approximate surface area is 138 Å². The molecule has 0 aliphatic carbocycles. The Hall–Kier alpha value is -1.59. The van der Waals surface area contributed by atoms with E-state index in [2.05, 4.69) is 35.3 Å². The first kappa shape index (κ1) is 16.3. The highest BCUT2D eigenvalue weighted by atomic mass is 16.5. The Kier molecular flexibility index (Phi) is 5.51. The molecule has 1 aromatic carbocycles. The third-order valence-corrected chi connectivity index (χ3v) is 4.64. The maximum Gasteiger partial charge on any atom is 0.260 e. The molecule has 126 valence electrons. The van der Waals surface area contributed by atoms with Crippen LogP contribution in [-0.4, -0.2) is 61.6 Å². The summed E-state index contributed by atoms with van der Waals surface area (Å²) in [5.74, 6) is 0.966. The van der Waals surface area contributed by atoms with Crippen LogP contribution in [0.3, 0.4) is 0 Å². The number of aryl methyl sites for hydroxylation is 1. The van der Waals surface area contributed by atoms with E-state index in [4.69, 9.17) is 4.74 Å². The van der Waals surface area contributed by atoms with Crippen molar-refractivity contribution in [3.63, 3.8) is 0 Å². The van der Waals surface area contributed by atoms with Crippen LogP contribution in [0, 0.1) is 6.92 Å². The third kappa shape index (κ3) is 4.45. The lowest BCUT2D eigenvalue weighted by Crippen LogP contribution is -2.43. The Morgan fingerprint density at radius 2 is 1.91 bits per heavy atom. The number of hydrogen-bond acceptors (Lipinski definition) is 4. The zero-order valence-electron chi connectivity index (χ0n) is 14.0. The van der Waals surface area contributed by atoms with Crippen LogP contribution in [-0.2, 0) is 11.3 Å². The average molecular weight is 317 g/mol. The molecule has 3 rings (SSSR count). The molecule has 5 nitrogen and oxygen atoms in total. The number of hydrogen-bond donors (Lipinski definition) is 1. The number of nitrogens with one attached hydrogen (secondary N) is 1. The lowest BCUT2D eigenvalue weighted by atomic mass is 10.1. The zero-order valence-corrected chi connectivity index (χ0v) is 14.0. The Bertz CT molecular complexity index is 535. The molecule has 1 N–H and O–H groups in total. The molecular weight excluding hydrogens is 290 g/mol. The van der Waals surface area contributed by atoms with E-state index in [1.54, 1.807) is 0 Å². The predicted octanol–water partition coefficient (Wildman–Crippen LogP) is 1.40.